The number of aliphatic hydroxyl groups excluding tert-OH is 1. The molecule has 2 aliphatic rings. The third-order valence-electron chi connectivity index (χ3n) is 4.86. The van der Waals surface area contributed by atoms with Gasteiger partial charge in [0, 0.05) is 32.7 Å². The molecule has 3 heterocycles. The van der Waals surface area contributed by atoms with E-state index < -0.39 is 12.6 Å². The molecule has 1 atom stereocenters. The zero-order chi connectivity index (χ0) is 17.8. The predicted molar refractivity (Wildman–Crippen MR) is 87.6 cm³/mol. The van der Waals surface area contributed by atoms with Gasteiger partial charge in [-0.3, -0.25) is 14.4 Å². The Morgan fingerprint density at radius 1 is 1.08 bits per heavy atom. The number of nitrogens with zero attached hydrogens (tertiary/aromatic N) is 3. The molecular weight excluding hydrogens is 326 g/mol. The number of amides is 3. The Hall–Kier alpha value is -2.35. The summed E-state index contributed by atoms with van der Waals surface area (Å²) in [6.45, 7) is 1.68. The van der Waals surface area contributed by atoms with Crippen LogP contribution in [0.3, 0.4) is 0 Å². The number of carbonyl (C=O) groups is 3. The van der Waals surface area contributed by atoms with Crippen molar-refractivity contribution in [2.75, 3.05) is 39.3 Å². The van der Waals surface area contributed by atoms with E-state index in [1.807, 2.05) is 0 Å². The van der Waals surface area contributed by atoms with E-state index in [0.29, 0.717) is 39.1 Å². The summed E-state index contributed by atoms with van der Waals surface area (Å²) in [4.78, 5) is 41.9. The summed E-state index contributed by atoms with van der Waals surface area (Å²) < 4.78 is 5.19. The molecule has 0 bridgehead atoms. The first-order chi connectivity index (χ1) is 12.1. The molecule has 2 saturated heterocycles. The fraction of sp³-hybridized carbons (Fsp3) is 0.588. The van der Waals surface area contributed by atoms with Crippen molar-refractivity contribution in [2.45, 2.75) is 25.3 Å². The summed E-state index contributed by atoms with van der Waals surface area (Å²) >= 11 is 0. The number of piperidine rings is 1. The van der Waals surface area contributed by atoms with Gasteiger partial charge < -0.3 is 24.2 Å². The van der Waals surface area contributed by atoms with E-state index in [1.165, 1.54) is 6.26 Å². The monoisotopic (exact) mass is 349 g/mol. The second kappa shape index (κ2) is 7.69. The van der Waals surface area contributed by atoms with Gasteiger partial charge in [-0.15, -0.1) is 0 Å². The Kier molecular flexibility index (Phi) is 5.37. The van der Waals surface area contributed by atoms with Crippen molar-refractivity contribution in [1.82, 2.24) is 14.7 Å². The van der Waals surface area contributed by atoms with Crippen molar-refractivity contribution in [1.29, 1.82) is 0 Å². The zero-order valence-corrected chi connectivity index (χ0v) is 14.1. The van der Waals surface area contributed by atoms with Crippen molar-refractivity contribution in [3.63, 3.8) is 0 Å². The van der Waals surface area contributed by atoms with Crippen LogP contribution in [-0.4, -0.2) is 82.9 Å². The number of carbonyl (C=O) groups excluding carboxylic acids is 3. The van der Waals surface area contributed by atoms with Gasteiger partial charge in [-0.2, -0.15) is 0 Å². The van der Waals surface area contributed by atoms with Crippen LogP contribution in [0.2, 0.25) is 0 Å². The maximum absolute atomic E-state index is 12.9. The average Bonchev–Trinajstić information content (AvgIpc) is 3.21. The average molecular weight is 349 g/mol. The largest absolute Gasteiger partial charge is 0.459 e. The molecule has 0 aromatic carbocycles. The van der Waals surface area contributed by atoms with Gasteiger partial charge in [0.1, 0.15) is 12.6 Å². The van der Waals surface area contributed by atoms with Crippen LogP contribution < -0.4 is 0 Å². The van der Waals surface area contributed by atoms with Crippen LogP contribution in [0.5, 0.6) is 0 Å². The van der Waals surface area contributed by atoms with Gasteiger partial charge in [0.25, 0.3) is 5.91 Å². The zero-order valence-electron chi connectivity index (χ0n) is 14.1. The molecule has 0 radical (unpaired) electrons. The Morgan fingerprint density at radius 2 is 1.80 bits per heavy atom. The number of aliphatic hydroxyl groups is 1. The van der Waals surface area contributed by atoms with Gasteiger partial charge in [0.2, 0.25) is 11.8 Å². The normalized spacial score (nSPS) is 21.3. The second-order valence-corrected chi connectivity index (χ2v) is 6.35. The summed E-state index contributed by atoms with van der Waals surface area (Å²) in [5.41, 5.74) is 0. The molecule has 25 heavy (non-hydrogen) atoms. The Balaban J connectivity index is 1.65. The predicted octanol–water partition coefficient (Wildman–Crippen LogP) is -0.0626. The summed E-state index contributed by atoms with van der Waals surface area (Å²) in [5.74, 6) is -0.398. The topological polar surface area (TPSA) is 94.3 Å². The molecule has 8 heteroatoms. The summed E-state index contributed by atoms with van der Waals surface area (Å²) in [5, 5.41) is 8.93. The van der Waals surface area contributed by atoms with Gasteiger partial charge in [-0.05, 0) is 31.4 Å². The molecule has 1 unspecified atom stereocenters. The van der Waals surface area contributed by atoms with Crippen LogP contribution in [0.15, 0.2) is 22.8 Å². The van der Waals surface area contributed by atoms with Gasteiger partial charge in [-0.1, -0.05) is 0 Å². The minimum Gasteiger partial charge on any atom is -0.459 e. The fourth-order valence-corrected chi connectivity index (χ4v) is 3.46. The lowest BCUT2D eigenvalue weighted by Crippen LogP contribution is -2.58. The molecule has 2 fully saturated rings. The molecule has 3 amide bonds. The molecule has 136 valence electrons. The number of likely N-dealkylation sites (tertiary alicyclic amines) is 1. The standard InChI is InChI=1S/C17H23N3O5/c21-12-15(22)18-7-9-19(10-8-18)16(23)13-4-1-2-6-20(13)17(24)14-5-3-11-25-14/h3,5,11,13,21H,1-2,4,6-10,12H2. The maximum Gasteiger partial charge on any atom is 0.290 e. The number of piperazine rings is 1. The number of rotatable bonds is 3. The van der Waals surface area contributed by atoms with Crippen molar-refractivity contribution < 1.29 is 23.9 Å². The molecule has 0 spiro atoms. The smallest absolute Gasteiger partial charge is 0.290 e. The van der Waals surface area contributed by atoms with Gasteiger partial charge in [-0.25, -0.2) is 0 Å². The quantitative estimate of drug-likeness (QED) is 0.825. The Bertz CT molecular complexity index is 622. The lowest BCUT2D eigenvalue weighted by atomic mass is 10.00. The highest BCUT2D eigenvalue weighted by Crippen LogP contribution is 2.22. The number of hydrogen-bond acceptors (Lipinski definition) is 5. The van der Waals surface area contributed by atoms with Crippen molar-refractivity contribution in [3.05, 3.63) is 24.2 Å². The molecule has 0 aliphatic carbocycles. The fourth-order valence-electron chi connectivity index (χ4n) is 3.46. The van der Waals surface area contributed by atoms with E-state index in [9.17, 15) is 14.4 Å². The summed E-state index contributed by atoms with van der Waals surface area (Å²) in [7, 11) is 0. The van der Waals surface area contributed by atoms with Crippen molar-refractivity contribution >= 4 is 17.7 Å². The van der Waals surface area contributed by atoms with E-state index in [4.69, 9.17) is 9.52 Å². The minimum absolute atomic E-state index is 0.0734. The van der Waals surface area contributed by atoms with E-state index in [0.717, 1.165) is 12.8 Å². The molecule has 0 saturated carbocycles. The summed E-state index contributed by atoms with van der Waals surface area (Å²) in [6, 6.07) is 2.79. The minimum atomic E-state index is -0.512. The van der Waals surface area contributed by atoms with Crippen LogP contribution in [0.1, 0.15) is 29.8 Å². The molecule has 1 aromatic rings. The molecule has 1 aromatic heterocycles. The molecule has 8 nitrogen and oxygen atoms in total. The molecule has 2 aliphatic heterocycles. The van der Waals surface area contributed by atoms with Crippen molar-refractivity contribution in [3.8, 4) is 0 Å². The van der Waals surface area contributed by atoms with E-state index in [2.05, 4.69) is 0 Å². The van der Waals surface area contributed by atoms with Crippen LogP contribution in [-0.2, 0) is 9.59 Å². The third kappa shape index (κ3) is 3.68. The Labute approximate surface area is 146 Å². The first-order valence-electron chi connectivity index (χ1n) is 8.63. The lowest BCUT2D eigenvalue weighted by molar-refractivity contribution is -0.144. The van der Waals surface area contributed by atoms with Gasteiger partial charge in [0.05, 0.1) is 6.26 Å². The highest BCUT2D eigenvalue weighted by atomic mass is 16.3. The van der Waals surface area contributed by atoms with Crippen molar-refractivity contribution in [2.24, 2.45) is 0 Å². The molecule has 3 rings (SSSR count). The van der Waals surface area contributed by atoms with Gasteiger partial charge >= 0.3 is 0 Å². The highest BCUT2D eigenvalue weighted by molar-refractivity contribution is 5.95. The van der Waals surface area contributed by atoms with E-state index in [-0.39, 0.29) is 23.5 Å². The van der Waals surface area contributed by atoms with Crippen LogP contribution in [0, 0.1) is 0 Å². The van der Waals surface area contributed by atoms with Crippen LogP contribution in [0.4, 0.5) is 0 Å². The van der Waals surface area contributed by atoms with Crippen LogP contribution in [0.25, 0.3) is 0 Å². The van der Waals surface area contributed by atoms with Crippen LogP contribution >= 0.6 is 0 Å². The first-order valence-corrected chi connectivity index (χ1v) is 8.63. The van der Waals surface area contributed by atoms with E-state index >= 15 is 0 Å². The molecule has 1 N–H and O–H groups in total. The number of hydrogen-bond donors (Lipinski definition) is 1. The lowest BCUT2D eigenvalue weighted by Gasteiger charge is -2.40. The molecular formula is C17H23N3O5. The first kappa shape index (κ1) is 17.5. The maximum atomic E-state index is 12.9. The highest BCUT2D eigenvalue weighted by Gasteiger charge is 2.37. The van der Waals surface area contributed by atoms with Gasteiger partial charge in [0.15, 0.2) is 5.76 Å². The summed E-state index contributed by atoms with van der Waals surface area (Å²) in [6.07, 6.45) is 3.86. The van der Waals surface area contributed by atoms with E-state index in [1.54, 1.807) is 26.8 Å². The third-order valence-corrected chi connectivity index (χ3v) is 4.86. The number of furan rings is 1. The second-order valence-electron chi connectivity index (χ2n) is 6.35. The Morgan fingerprint density at radius 3 is 2.44 bits per heavy atom. The SMILES string of the molecule is O=C(CO)N1CCN(C(=O)C2CCCCN2C(=O)c2ccco2)CC1.